The molecule has 4 rings (SSSR count). The third kappa shape index (κ3) is 2.88. The first-order chi connectivity index (χ1) is 12.7. The lowest BCUT2D eigenvalue weighted by Crippen LogP contribution is -2.30. The Kier molecular flexibility index (Phi) is 4.47. The smallest absolute Gasteiger partial charge is 0.174 e. The molecule has 1 aliphatic heterocycles. The van der Waals surface area contributed by atoms with Crippen molar-refractivity contribution >= 4 is 23.0 Å². The van der Waals surface area contributed by atoms with E-state index in [0.717, 1.165) is 16.5 Å². The largest absolute Gasteiger partial charge is 0.351 e. The molecule has 1 aliphatic rings. The lowest BCUT2D eigenvalue weighted by Gasteiger charge is -2.29. The van der Waals surface area contributed by atoms with Crippen LogP contribution in [0.3, 0.4) is 0 Å². The van der Waals surface area contributed by atoms with Crippen molar-refractivity contribution in [2.75, 3.05) is 4.90 Å². The number of nitrogens with one attached hydrogen (secondary N) is 1. The van der Waals surface area contributed by atoms with E-state index in [1.165, 1.54) is 5.69 Å². The Morgan fingerprint density at radius 3 is 2.46 bits per heavy atom. The van der Waals surface area contributed by atoms with Crippen LogP contribution in [-0.4, -0.2) is 14.7 Å². The normalized spacial score (nSPS) is 19.8. The summed E-state index contributed by atoms with van der Waals surface area (Å²) in [5, 5.41) is 4.23. The Hall–Kier alpha value is -2.66. The van der Waals surface area contributed by atoms with Crippen LogP contribution in [0.4, 0.5) is 5.69 Å². The molecule has 3 heterocycles. The van der Waals surface area contributed by atoms with Gasteiger partial charge in [0, 0.05) is 29.8 Å². The van der Waals surface area contributed by atoms with Crippen LogP contribution in [0.15, 0.2) is 73.1 Å². The molecule has 1 aromatic carbocycles. The molecule has 0 amide bonds. The first kappa shape index (κ1) is 16.8. The van der Waals surface area contributed by atoms with Crippen molar-refractivity contribution in [3.8, 4) is 0 Å². The minimum atomic E-state index is -0.00342. The molecule has 2 atom stereocenters. The molecule has 0 bridgehead atoms. The highest BCUT2D eigenvalue weighted by Gasteiger charge is 2.42. The zero-order valence-electron chi connectivity index (χ0n) is 14.9. The summed E-state index contributed by atoms with van der Waals surface area (Å²) >= 11 is 5.74. The number of hydrogen-bond acceptors (Lipinski definition) is 2. The van der Waals surface area contributed by atoms with Crippen LogP contribution in [0, 0.1) is 0 Å². The maximum absolute atomic E-state index is 5.74. The first-order valence-corrected chi connectivity index (χ1v) is 9.30. The molecule has 5 heteroatoms. The van der Waals surface area contributed by atoms with Crippen LogP contribution >= 0.6 is 12.2 Å². The van der Waals surface area contributed by atoms with E-state index in [1.54, 1.807) is 0 Å². The molecule has 0 saturated carbocycles. The van der Waals surface area contributed by atoms with Crippen LogP contribution < -0.4 is 10.2 Å². The van der Waals surface area contributed by atoms with Gasteiger partial charge < -0.3 is 14.8 Å². The molecular weight excluding hydrogens is 340 g/mol. The third-order valence-corrected chi connectivity index (χ3v) is 5.12. The van der Waals surface area contributed by atoms with Crippen molar-refractivity contribution in [3.05, 3.63) is 84.4 Å². The number of pyridine rings is 1. The molecule has 26 heavy (non-hydrogen) atoms. The standard InChI is InChI=1S/C21H22N4S/c1-15(2)24-14-8-12-18(24)20-19(17-11-6-7-13-22-17)23-21(26)25(20)16-9-4-3-5-10-16/h3-15,19-20H,1-2H3,(H,23,26)/t19-,20+/m0/s1. The van der Waals surface area contributed by atoms with Crippen LogP contribution in [0.1, 0.15) is 43.4 Å². The van der Waals surface area contributed by atoms with Crippen LogP contribution in [0.2, 0.25) is 0 Å². The number of hydrogen-bond donors (Lipinski definition) is 1. The summed E-state index contributed by atoms with van der Waals surface area (Å²) in [7, 11) is 0. The molecule has 0 spiro atoms. The van der Waals surface area contributed by atoms with E-state index in [0.29, 0.717) is 6.04 Å². The molecule has 1 fully saturated rings. The summed E-state index contributed by atoms with van der Waals surface area (Å²) in [6.45, 7) is 4.40. The van der Waals surface area contributed by atoms with Crippen molar-refractivity contribution in [1.82, 2.24) is 14.9 Å². The van der Waals surface area contributed by atoms with E-state index in [-0.39, 0.29) is 12.1 Å². The molecule has 0 unspecified atom stereocenters. The highest BCUT2D eigenvalue weighted by Crippen LogP contribution is 2.41. The van der Waals surface area contributed by atoms with Crippen molar-refractivity contribution in [3.63, 3.8) is 0 Å². The van der Waals surface area contributed by atoms with E-state index in [1.807, 2.05) is 36.5 Å². The van der Waals surface area contributed by atoms with Gasteiger partial charge in [0.1, 0.15) is 6.04 Å². The van der Waals surface area contributed by atoms with Crippen molar-refractivity contribution in [2.45, 2.75) is 32.0 Å². The Labute approximate surface area is 159 Å². The van der Waals surface area contributed by atoms with Gasteiger partial charge in [-0.05, 0) is 62.5 Å². The third-order valence-electron chi connectivity index (χ3n) is 4.80. The zero-order chi connectivity index (χ0) is 18.1. The molecule has 1 saturated heterocycles. The fraction of sp³-hybridized carbons (Fsp3) is 0.238. The topological polar surface area (TPSA) is 33.1 Å². The number of nitrogens with zero attached hydrogens (tertiary/aromatic N) is 3. The molecular formula is C21H22N4S. The maximum Gasteiger partial charge on any atom is 0.174 e. The number of rotatable bonds is 4. The van der Waals surface area contributed by atoms with Gasteiger partial charge >= 0.3 is 0 Å². The first-order valence-electron chi connectivity index (χ1n) is 8.89. The molecule has 2 aromatic heterocycles. The monoisotopic (exact) mass is 362 g/mol. The predicted octanol–water partition coefficient (Wildman–Crippen LogP) is 4.64. The van der Waals surface area contributed by atoms with Gasteiger partial charge in [0.05, 0.1) is 11.7 Å². The fourth-order valence-corrected chi connectivity index (χ4v) is 4.00. The number of aromatic nitrogens is 2. The van der Waals surface area contributed by atoms with E-state index in [9.17, 15) is 0 Å². The second-order valence-electron chi connectivity index (χ2n) is 6.77. The van der Waals surface area contributed by atoms with Crippen molar-refractivity contribution in [2.24, 2.45) is 0 Å². The Morgan fingerprint density at radius 2 is 1.77 bits per heavy atom. The second kappa shape index (κ2) is 6.92. The summed E-state index contributed by atoms with van der Waals surface area (Å²) < 4.78 is 2.31. The molecule has 0 aliphatic carbocycles. The lowest BCUT2D eigenvalue weighted by molar-refractivity contribution is 0.497. The van der Waals surface area contributed by atoms with E-state index >= 15 is 0 Å². The molecule has 4 nitrogen and oxygen atoms in total. The van der Waals surface area contributed by atoms with E-state index in [2.05, 4.69) is 70.1 Å². The van der Waals surface area contributed by atoms with Gasteiger partial charge in [0.2, 0.25) is 0 Å². The summed E-state index contributed by atoms with van der Waals surface area (Å²) in [5.74, 6) is 0. The van der Waals surface area contributed by atoms with Gasteiger partial charge in [0.15, 0.2) is 5.11 Å². The SMILES string of the molecule is CC(C)n1cccc1[C@@H]1[C@H](c2ccccn2)NC(=S)N1c1ccccc1. The highest BCUT2D eigenvalue weighted by molar-refractivity contribution is 7.80. The molecule has 0 radical (unpaired) electrons. The Bertz CT molecular complexity index is 889. The number of benzene rings is 1. The van der Waals surface area contributed by atoms with Crippen LogP contribution in [-0.2, 0) is 0 Å². The Morgan fingerprint density at radius 1 is 1.00 bits per heavy atom. The van der Waals surface area contributed by atoms with Gasteiger partial charge in [0.25, 0.3) is 0 Å². The lowest BCUT2D eigenvalue weighted by atomic mass is 10.0. The van der Waals surface area contributed by atoms with E-state index in [4.69, 9.17) is 12.2 Å². The average Bonchev–Trinajstić information content (AvgIpc) is 3.27. The van der Waals surface area contributed by atoms with Gasteiger partial charge in [-0.25, -0.2) is 0 Å². The predicted molar refractivity (Wildman–Crippen MR) is 109 cm³/mol. The fourth-order valence-electron chi connectivity index (χ4n) is 3.65. The number of para-hydroxylation sites is 1. The summed E-state index contributed by atoms with van der Waals surface area (Å²) in [4.78, 5) is 6.81. The summed E-state index contributed by atoms with van der Waals surface area (Å²) in [5.41, 5.74) is 3.31. The van der Waals surface area contributed by atoms with Crippen molar-refractivity contribution < 1.29 is 0 Å². The second-order valence-corrected chi connectivity index (χ2v) is 7.15. The van der Waals surface area contributed by atoms with Gasteiger partial charge in [-0.3, -0.25) is 4.98 Å². The summed E-state index contributed by atoms with van der Waals surface area (Å²) in [6, 6.07) is 21.0. The molecule has 132 valence electrons. The zero-order valence-corrected chi connectivity index (χ0v) is 15.7. The average molecular weight is 363 g/mol. The number of anilines is 1. The minimum Gasteiger partial charge on any atom is -0.351 e. The van der Waals surface area contributed by atoms with Crippen LogP contribution in [0.25, 0.3) is 0 Å². The summed E-state index contributed by atoms with van der Waals surface area (Å²) in [6.07, 6.45) is 3.98. The Balaban J connectivity index is 1.86. The minimum absolute atomic E-state index is 0.00342. The molecule has 3 aromatic rings. The quantitative estimate of drug-likeness (QED) is 0.686. The van der Waals surface area contributed by atoms with Gasteiger partial charge in [-0.15, -0.1) is 0 Å². The van der Waals surface area contributed by atoms with E-state index < -0.39 is 0 Å². The van der Waals surface area contributed by atoms with Gasteiger partial charge in [-0.1, -0.05) is 24.3 Å². The van der Waals surface area contributed by atoms with Crippen molar-refractivity contribution in [1.29, 1.82) is 0 Å². The van der Waals surface area contributed by atoms with Crippen LogP contribution in [0.5, 0.6) is 0 Å². The number of thiocarbonyl (C=S) groups is 1. The molecule has 1 N–H and O–H groups in total. The maximum atomic E-state index is 5.74. The highest BCUT2D eigenvalue weighted by atomic mass is 32.1. The van der Waals surface area contributed by atoms with Gasteiger partial charge in [-0.2, -0.15) is 0 Å².